The molecule has 0 spiro atoms. The van der Waals surface area contributed by atoms with E-state index in [-0.39, 0.29) is 11.5 Å². The number of phenols is 2. The molecule has 2 N–H and O–H groups in total. The highest BCUT2D eigenvalue weighted by Gasteiger charge is 2.07. The van der Waals surface area contributed by atoms with E-state index in [0.717, 1.165) is 4.90 Å². The van der Waals surface area contributed by atoms with Crippen LogP contribution >= 0.6 is 11.8 Å². The Morgan fingerprint density at radius 1 is 0.941 bits per heavy atom. The van der Waals surface area contributed by atoms with E-state index in [4.69, 9.17) is 0 Å². The maximum atomic E-state index is 9.72. The smallest absolute Gasteiger partial charge is 0.129 e. The molecule has 2 nitrogen and oxygen atoms in total. The lowest BCUT2D eigenvalue weighted by Gasteiger charge is -2.09. The Morgan fingerprint density at radius 2 is 1.71 bits per heavy atom. The fourth-order valence-corrected chi connectivity index (χ4v) is 2.59. The molecule has 0 amide bonds. The molecule has 88 valence electrons. The van der Waals surface area contributed by atoms with E-state index in [2.05, 4.69) is 19.9 Å². The molecule has 2 aromatic rings. The molecule has 0 fully saturated rings. The molecule has 0 heterocycles. The summed E-state index contributed by atoms with van der Waals surface area (Å²) < 4.78 is 0. The normalized spacial score (nSPS) is 10.5. The number of phenolic OH excluding ortho intramolecular Hbond substituents is 2. The number of aryl methyl sites for hydroxylation is 1. The Kier molecular flexibility index (Phi) is 3.29. The van der Waals surface area contributed by atoms with Crippen LogP contribution in [-0.2, 0) is 0 Å². The summed E-state index contributed by atoms with van der Waals surface area (Å²) in [5.41, 5.74) is 2.41. The minimum Gasteiger partial charge on any atom is -0.508 e. The molecule has 0 bridgehead atoms. The van der Waals surface area contributed by atoms with Crippen molar-refractivity contribution in [2.45, 2.75) is 23.6 Å². The van der Waals surface area contributed by atoms with Crippen LogP contribution in [0.3, 0.4) is 0 Å². The van der Waals surface area contributed by atoms with Crippen molar-refractivity contribution in [1.29, 1.82) is 0 Å². The second-order valence-electron chi connectivity index (χ2n) is 3.95. The van der Waals surface area contributed by atoms with Gasteiger partial charge in [-0.3, -0.25) is 0 Å². The van der Waals surface area contributed by atoms with E-state index in [1.54, 1.807) is 6.07 Å². The van der Waals surface area contributed by atoms with E-state index in [1.807, 2.05) is 12.1 Å². The van der Waals surface area contributed by atoms with Crippen LogP contribution in [0.2, 0.25) is 0 Å². The van der Waals surface area contributed by atoms with Crippen molar-refractivity contribution >= 4 is 11.8 Å². The number of rotatable bonds is 2. The first kappa shape index (κ1) is 11.9. The van der Waals surface area contributed by atoms with Gasteiger partial charge in [-0.05, 0) is 49.2 Å². The molecule has 0 aliphatic heterocycles. The van der Waals surface area contributed by atoms with Crippen LogP contribution in [0.1, 0.15) is 11.1 Å². The molecule has 0 unspecified atom stereocenters. The highest BCUT2D eigenvalue weighted by Crippen LogP contribution is 2.38. The zero-order valence-electron chi connectivity index (χ0n) is 9.77. The number of hydrogen-bond donors (Lipinski definition) is 2. The summed E-state index contributed by atoms with van der Waals surface area (Å²) >= 11 is 1.46. The van der Waals surface area contributed by atoms with Crippen LogP contribution < -0.4 is 0 Å². The summed E-state index contributed by atoms with van der Waals surface area (Å²) in [6.45, 7) is 4.11. The predicted molar refractivity (Wildman–Crippen MR) is 69.8 cm³/mol. The van der Waals surface area contributed by atoms with Crippen molar-refractivity contribution in [3.63, 3.8) is 0 Å². The minimum atomic E-state index is 0.163. The lowest BCUT2D eigenvalue weighted by molar-refractivity contribution is 0.448. The highest BCUT2D eigenvalue weighted by atomic mass is 32.2. The van der Waals surface area contributed by atoms with Crippen molar-refractivity contribution in [3.8, 4) is 11.5 Å². The van der Waals surface area contributed by atoms with Gasteiger partial charge in [0.1, 0.15) is 11.5 Å². The lowest BCUT2D eigenvalue weighted by Crippen LogP contribution is -1.84. The molecule has 0 aliphatic rings. The van der Waals surface area contributed by atoms with E-state index >= 15 is 0 Å². The zero-order valence-corrected chi connectivity index (χ0v) is 10.6. The largest absolute Gasteiger partial charge is 0.508 e. The van der Waals surface area contributed by atoms with Crippen LogP contribution in [-0.4, -0.2) is 10.2 Å². The summed E-state index contributed by atoms with van der Waals surface area (Å²) in [7, 11) is 0. The fourth-order valence-electron chi connectivity index (χ4n) is 1.54. The third-order valence-electron chi connectivity index (χ3n) is 2.72. The zero-order chi connectivity index (χ0) is 12.4. The Morgan fingerprint density at radius 3 is 2.47 bits per heavy atom. The summed E-state index contributed by atoms with van der Waals surface area (Å²) in [5.74, 6) is 0.351. The monoisotopic (exact) mass is 246 g/mol. The van der Waals surface area contributed by atoms with Gasteiger partial charge in [-0.2, -0.15) is 0 Å². The Bertz CT molecular complexity index is 550. The first-order valence-electron chi connectivity index (χ1n) is 5.34. The minimum absolute atomic E-state index is 0.163. The van der Waals surface area contributed by atoms with Gasteiger partial charge < -0.3 is 10.2 Å². The van der Waals surface area contributed by atoms with Gasteiger partial charge in [0.05, 0.1) is 4.90 Å². The molecule has 0 aromatic heterocycles. The van der Waals surface area contributed by atoms with Crippen molar-refractivity contribution < 1.29 is 10.2 Å². The number of benzene rings is 2. The highest BCUT2D eigenvalue weighted by molar-refractivity contribution is 7.99. The van der Waals surface area contributed by atoms with Gasteiger partial charge in [0.2, 0.25) is 0 Å². The average molecular weight is 246 g/mol. The third kappa shape index (κ3) is 2.56. The van der Waals surface area contributed by atoms with E-state index in [0.29, 0.717) is 4.90 Å². The maximum Gasteiger partial charge on any atom is 0.129 e. The Labute approximate surface area is 105 Å². The lowest BCUT2D eigenvalue weighted by atomic mass is 10.1. The first-order chi connectivity index (χ1) is 8.08. The Hall–Kier alpha value is -1.61. The van der Waals surface area contributed by atoms with Gasteiger partial charge in [0.15, 0.2) is 0 Å². The van der Waals surface area contributed by atoms with Crippen molar-refractivity contribution in [2.24, 2.45) is 0 Å². The van der Waals surface area contributed by atoms with Crippen molar-refractivity contribution in [2.75, 3.05) is 0 Å². The average Bonchev–Trinajstić information content (AvgIpc) is 2.30. The SMILES string of the molecule is Cc1cccc(Sc2cc(O)ccc2O)c1C. The second-order valence-corrected chi connectivity index (χ2v) is 5.04. The standard InChI is InChI=1S/C14H14O2S/c1-9-4-3-5-13(10(9)2)17-14-8-11(15)6-7-12(14)16/h3-8,15-16H,1-2H3. The van der Waals surface area contributed by atoms with Crippen molar-refractivity contribution in [1.82, 2.24) is 0 Å². The van der Waals surface area contributed by atoms with Gasteiger partial charge >= 0.3 is 0 Å². The van der Waals surface area contributed by atoms with E-state index in [9.17, 15) is 10.2 Å². The molecule has 3 heteroatoms. The van der Waals surface area contributed by atoms with Crippen LogP contribution in [0.5, 0.6) is 11.5 Å². The molecule has 0 saturated carbocycles. The van der Waals surface area contributed by atoms with Crippen LogP contribution in [0.15, 0.2) is 46.2 Å². The Balaban J connectivity index is 2.38. The van der Waals surface area contributed by atoms with E-state index < -0.39 is 0 Å². The van der Waals surface area contributed by atoms with Gasteiger partial charge in [-0.25, -0.2) is 0 Å². The maximum absolute atomic E-state index is 9.72. The summed E-state index contributed by atoms with van der Waals surface area (Å²) in [6.07, 6.45) is 0. The quantitative estimate of drug-likeness (QED) is 0.790. The number of aromatic hydroxyl groups is 2. The van der Waals surface area contributed by atoms with Crippen LogP contribution in [0, 0.1) is 13.8 Å². The summed E-state index contributed by atoms with van der Waals surface area (Å²) in [4.78, 5) is 1.75. The predicted octanol–water partition coefficient (Wildman–Crippen LogP) is 3.87. The molecule has 0 saturated heterocycles. The first-order valence-corrected chi connectivity index (χ1v) is 6.15. The van der Waals surface area contributed by atoms with Crippen LogP contribution in [0.25, 0.3) is 0 Å². The fraction of sp³-hybridized carbons (Fsp3) is 0.143. The molecule has 0 atom stereocenters. The molecular weight excluding hydrogens is 232 g/mol. The molecular formula is C14H14O2S. The van der Waals surface area contributed by atoms with Crippen molar-refractivity contribution in [3.05, 3.63) is 47.5 Å². The van der Waals surface area contributed by atoms with Gasteiger partial charge in [-0.15, -0.1) is 0 Å². The molecule has 17 heavy (non-hydrogen) atoms. The summed E-state index contributed by atoms with van der Waals surface area (Å²) in [6, 6.07) is 10.6. The molecule has 2 rings (SSSR count). The van der Waals surface area contributed by atoms with Gasteiger partial charge in [0.25, 0.3) is 0 Å². The topological polar surface area (TPSA) is 40.5 Å². The summed E-state index contributed by atoms with van der Waals surface area (Å²) in [5, 5.41) is 19.1. The van der Waals surface area contributed by atoms with E-state index in [1.165, 1.54) is 35.0 Å². The number of hydrogen-bond acceptors (Lipinski definition) is 3. The second kappa shape index (κ2) is 4.72. The van der Waals surface area contributed by atoms with Gasteiger partial charge in [0, 0.05) is 4.90 Å². The molecule has 0 aliphatic carbocycles. The molecule has 0 radical (unpaired) electrons. The van der Waals surface area contributed by atoms with Gasteiger partial charge in [-0.1, -0.05) is 23.9 Å². The molecule has 2 aromatic carbocycles. The third-order valence-corrected chi connectivity index (χ3v) is 3.93. The van der Waals surface area contributed by atoms with Crippen LogP contribution in [0.4, 0.5) is 0 Å².